The molecule has 4 rings (SSSR count). The molecule has 2 heterocycles. The normalized spacial score (nSPS) is 14.2. The van der Waals surface area contributed by atoms with Crippen molar-refractivity contribution >= 4 is 34.1 Å². The van der Waals surface area contributed by atoms with Gasteiger partial charge in [-0.1, -0.05) is 11.6 Å². The molecule has 2 amide bonds. The number of amides is 2. The summed E-state index contributed by atoms with van der Waals surface area (Å²) in [6.45, 7) is 5.94. The number of nitrogens with zero attached hydrogens (tertiary/aromatic N) is 1. The van der Waals surface area contributed by atoms with Crippen LogP contribution in [0.4, 0.5) is 11.4 Å². The van der Waals surface area contributed by atoms with Crippen molar-refractivity contribution in [2.24, 2.45) is 5.73 Å². The maximum absolute atomic E-state index is 13.0. The van der Waals surface area contributed by atoms with Crippen LogP contribution in [-0.2, 0) is 0 Å². The molecule has 0 spiro atoms. The number of aromatic amines is 1. The lowest BCUT2D eigenvalue weighted by Crippen LogP contribution is -2.30. The molecule has 2 aromatic carbocycles. The zero-order chi connectivity index (χ0) is 20.5. The molecule has 0 atom stereocenters. The van der Waals surface area contributed by atoms with Gasteiger partial charge in [-0.2, -0.15) is 0 Å². The van der Waals surface area contributed by atoms with E-state index in [1.165, 1.54) is 6.42 Å². The number of H-pyrrole nitrogens is 1. The molecule has 1 fully saturated rings. The van der Waals surface area contributed by atoms with Crippen molar-refractivity contribution in [2.45, 2.75) is 33.1 Å². The van der Waals surface area contributed by atoms with E-state index >= 15 is 0 Å². The van der Waals surface area contributed by atoms with E-state index < -0.39 is 5.91 Å². The van der Waals surface area contributed by atoms with Gasteiger partial charge in [0.2, 0.25) is 5.91 Å². The fourth-order valence-corrected chi connectivity index (χ4v) is 4.12. The molecule has 1 aromatic heterocycles. The van der Waals surface area contributed by atoms with Crippen molar-refractivity contribution in [3.05, 3.63) is 58.8 Å². The van der Waals surface area contributed by atoms with Crippen LogP contribution in [0.3, 0.4) is 0 Å². The number of hydrogen-bond donors (Lipinski definition) is 3. The first-order valence-electron chi connectivity index (χ1n) is 10.0. The number of nitrogens with two attached hydrogens (primary N) is 1. The van der Waals surface area contributed by atoms with Gasteiger partial charge in [-0.15, -0.1) is 0 Å². The van der Waals surface area contributed by atoms with Gasteiger partial charge in [0.05, 0.1) is 11.4 Å². The lowest BCUT2D eigenvalue weighted by atomic mass is 10.1. The Hall–Kier alpha value is -3.28. The van der Waals surface area contributed by atoms with Crippen LogP contribution in [0.25, 0.3) is 10.9 Å². The third-order valence-electron chi connectivity index (χ3n) is 5.54. The molecule has 6 heteroatoms. The summed E-state index contributed by atoms with van der Waals surface area (Å²) in [5.74, 6) is -0.750. The van der Waals surface area contributed by atoms with Gasteiger partial charge in [-0.05, 0) is 69.0 Å². The molecule has 1 saturated heterocycles. The SMILES string of the molecule is Cc1cc(C)c2[nH]c(C(=O)Nc3cc(C(N)=O)ccc3N3CCCCC3)cc2c1. The monoisotopic (exact) mass is 390 g/mol. The Bertz CT molecular complexity index is 1090. The van der Waals surface area contributed by atoms with Crippen molar-refractivity contribution in [1.82, 2.24) is 4.98 Å². The molecular weight excluding hydrogens is 364 g/mol. The number of carbonyl (C=O) groups is 2. The van der Waals surface area contributed by atoms with Crippen molar-refractivity contribution in [1.29, 1.82) is 0 Å². The molecule has 4 N–H and O–H groups in total. The highest BCUT2D eigenvalue weighted by Gasteiger charge is 2.19. The third kappa shape index (κ3) is 3.83. The number of aryl methyl sites for hydroxylation is 2. The Labute approximate surface area is 170 Å². The summed E-state index contributed by atoms with van der Waals surface area (Å²) in [4.78, 5) is 30.2. The number of anilines is 2. The molecule has 150 valence electrons. The summed E-state index contributed by atoms with van der Waals surface area (Å²) in [7, 11) is 0. The predicted molar refractivity (Wildman–Crippen MR) is 117 cm³/mol. The van der Waals surface area contributed by atoms with Gasteiger partial charge < -0.3 is 20.9 Å². The maximum Gasteiger partial charge on any atom is 0.272 e. The maximum atomic E-state index is 13.0. The molecule has 29 heavy (non-hydrogen) atoms. The van der Waals surface area contributed by atoms with Gasteiger partial charge in [0.25, 0.3) is 5.91 Å². The van der Waals surface area contributed by atoms with Gasteiger partial charge in [0.15, 0.2) is 0 Å². The minimum atomic E-state index is -0.512. The zero-order valence-electron chi connectivity index (χ0n) is 16.8. The number of fused-ring (bicyclic) bond motifs is 1. The first kappa shape index (κ1) is 19.1. The summed E-state index contributed by atoms with van der Waals surface area (Å²) < 4.78 is 0. The number of rotatable bonds is 4. The Kier molecular flexibility index (Phi) is 5.01. The van der Waals surface area contributed by atoms with Gasteiger partial charge >= 0.3 is 0 Å². The molecule has 3 aromatic rings. The van der Waals surface area contributed by atoms with E-state index in [4.69, 9.17) is 5.73 Å². The van der Waals surface area contributed by atoms with Crippen molar-refractivity contribution < 1.29 is 9.59 Å². The second-order valence-corrected chi connectivity index (χ2v) is 7.83. The Balaban J connectivity index is 1.68. The minimum absolute atomic E-state index is 0.238. The van der Waals surface area contributed by atoms with Crippen molar-refractivity contribution in [3.63, 3.8) is 0 Å². The molecule has 1 aliphatic rings. The average Bonchev–Trinajstić information content (AvgIpc) is 3.13. The lowest BCUT2D eigenvalue weighted by molar-refractivity contribution is 0.0995. The number of benzene rings is 2. The fraction of sp³-hybridized carbons (Fsp3) is 0.304. The number of carbonyl (C=O) groups excluding carboxylic acids is 2. The van der Waals surface area contributed by atoms with E-state index in [-0.39, 0.29) is 5.91 Å². The van der Waals surface area contributed by atoms with Crippen molar-refractivity contribution in [2.75, 3.05) is 23.3 Å². The average molecular weight is 390 g/mol. The van der Waals surface area contributed by atoms with Crippen molar-refractivity contribution in [3.8, 4) is 0 Å². The van der Waals surface area contributed by atoms with Crippen LogP contribution < -0.4 is 16.0 Å². The van der Waals surface area contributed by atoms with E-state index in [1.54, 1.807) is 12.1 Å². The Morgan fingerprint density at radius 1 is 1.03 bits per heavy atom. The number of nitrogens with one attached hydrogen (secondary N) is 2. The van der Waals surface area contributed by atoms with Crippen LogP contribution in [0.2, 0.25) is 0 Å². The van der Waals surface area contributed by atoms with E-state index in [9.17, 15) is 9.59 Å². The van der Waals surface area contributed by atoms with Gasteiger partial charge in [0, 0.05) is 29.6 Å². The smallest absolute Gasteiger partial charge is 0.272 e. The van der Waals surface area contributed by atoms with Crippen LogP contribution in [0.5, 0.6) is 0 Å². The summed E-state index contributed by atoms with van der Waals surface area (Å²) in [5, 5.41) is 4.00. The first-order valence-corrected chi connectivity index (χ1v) is 10.0. The zero-order valence-corrected chi connectivity index (χ0v) is 16.8. The van der Waals surface area contributed by atoms with E-state index in [2.05, 4.69) is 27.3 Å². The van der Waals surface area contributed by atoms with Crippen LogP contribution in [0, 0.1) is 13.8 Å². The van der Waals surface area contributed by atoms with E-state index in [1.807, 2.05) is 26.0 Å². The molecular formula is C23H26N4O2. The molecule has 0 saturated carbocycles. The number of primary amides is 1. The largest absolute Gasteiger partial charge is 0.370 e. The summed E-state index contributed by atoms with van der Waals surface area (Å²) in [6.07, 6.45) is 3.45. The second kappa shape index (κ2) is 7.62. The van der Waals surface area contributed by atoms with Crippen LogP contribution in [0.1, 0.15) is 51.2 Å². The van der Waals surface area contributed by atoms with Crippen LogP contribution in [0.15, 0.2) is 36.4 Å². The Morgan fingerprint density at radius 3 is 2.52 bits per heavy atom. The van der Waals surface area contributed by atoms with Crippen LogP contribution in [-0.4, -0.2) is 29.9 Å². The molecule has 1 aliphatic heterocycles. The van der Waals surface area contributed by atoms with Gasteiger partial charge in [-0.3, -0.25) is 9.59 Å². The Morgan fingerprint density at radius 2 is 1.79 bits per heavy atom. The topological polar surface area (TPSA) is 91.2 Å². The number of piperidine rings is 1. The number of aromatic nitrogens is 1. The number of hydrogen-bond acceptors (Lipinski definition) is 3. The standard InChI is InChI=1S/C23H26N4O2/c1-14-10-15(2)21-17(11-14)13-19(25-21)23(29)26-18-12-16(22(24)28)6-7-20(18)27-8-4-3-5-9-27/h6-7,10-13,25H,3-5,8-9H2,1-2H3,(H2,24,28)(H,26,29). The summed E-state index contributed by atoms with van der Waals surface area (Å²) >= 11 is 0. The van der Waals surface area contributed by atoms with Gasteiger partial charge in [-0.25, -0.2) is 0 Å². The quantitative estimate of drug-likeness (QED) is 0.626. The van der Waals surface area contributed by atoms with E-state index in [0.29, 0.717) is 16.9 Å². The minimum Gasteiger partial charge on any atom is -0.370 e. The highest BCUT2D eigenvalue weighted by molar-refractivity contribution is 6.08. The molecule has 0 radical (unpaired) electrons. The molecule has 6 nitrogen and oxygen atoms in total. The molecule has 0 aliphatic carbocycles. The highest BCUT2D eigenvalue weighted by Crippen LogP contribution is 2.30. The lowest BCUT2D eigenvalue weighted by Gasteiger charge is -2.30. The first-order chi connectivity index (χ1) is 13.9. The van der Waals surface area contributed by atoms with Gasteiger partial charge in [0.1, 0.15) is 5.69 Å². The fourth-order valence-electron chi connectivity index (χ4n) is 4.12. The third-order valence-corrected chi connectivity index (χ3v) is 5.54. The summed E-state index contributed by atoms with van der Waals surface area (Å²) in [6, 6.07) is 11.3. The molecule has 0 unspecified atom stereocenters. The molecule has 0 bridgehead atoms. The second-order valence-electron chi connectivity index (χ2n) is 7.83. The predicted octanol–water partition coefficient (Wildman–Crippen LogP) is 4.13. The van der Waals surface area contributed by atoms with E-state index in [0.717, 1.165) is 53.6 Å². The highest BCUT2D eigenvalue weighted by atomic mass is 16.2. The summed E-state index contributed by atoms with van der Waals surface area (Å²) in [5.41, 5.74) is 11.1. The van der Waals surface area contributed by atoms with Crippen LogP contribution >= 0.6 is 0 Å².